The van der Waals surface area contributed by atoms with Crippen LogP contribution < -0.4 is 10.6 Å². The Labute approximate surface area is 184 Å². The number of hydrogen-bond donors (Lipinski definition) is 2. The largest absolute Gasteiger partial charge is 0.322 e. The van der Waals surface area contributed by atoms with Crippen LogP contribution in [0.5, 0.6) is 0 Å². The number of carbonyl (C=O) groups excluding carboxylic acids is 2. The second kappa shape index (κ2) is 9.43. The molecule has 3 rings (SSSR count). The maximum atomic E-state index is 12.6. The highest BCUT2D eigenvalue weighted by Crippen LogP contribution is 2.23. The minimum atomic E-state index is -0.234. The summed E-state index contributed by atoms with van der Waals surface area (Å²) in [6.45, 7) is 8.43. The fourth-order valence-corrected chi connectivity index (χ4v) is 3.03. The molecule has 0 radical (unpaired) electrons. The van der Waals surface area contributed by atoms with Gasteiger partial charge in [0.05, 0.1) is 0 Å². The van der Waals surface area contributed by atoms with Gasteiger partial charge < -0.3 is 10.6 Å². The normalized spacial score (nSPS) is 11.4. The maximum Gasteiger partial charge on any atom is 0.255 e. The summed E-state index contributed by atoms with van der Waals surface area (Å²) in [7, 11) is 0. The van der Waals surface area contributed by atoms with Gasteiger partial charge in [0, 0.05) is 23.0 Å². The predicted molar refractivity (Wildman–Crippen MR) is 128 cm³/mol. The van der Waals surface area contributed by atoms with Crippen molar-refractivity contribution in [1.29, 1.82) is 0 Å². The number of benzene rings is 3. The van der Waals surface area contributed by atoms with E-state index in [2.05, 4.69) is 31.4 Å². The molecule has 0 spiro atoms. The van der Waals surface area contributed by atoms with Gasteiger partial charge >= 0.3 is 0 Å². The number of rotatable bonds is 5. The van der Waals surface area contributed by atoms with Crippen LogP contribution >= 0.6 is 0 Å². The lowest BCUT2D eigenvalue weighted by molar-refractivity contribution is -0.111. The second-order valence-corrected chi connectivity index (χ2v) is 8.60. The van der Waals surface area contributed by atoms with Crippen LogP contribution in [-0.2, 0) is 10.2 Å². The zero-order valence-corrected chi connectivity index (χ0v) is 18.4. The highest BCUT2D eigenvalue weighted by Gasteiger charge is 2.14. The van der Waals surface area contributed by atoms with Gasteiger partial charge in [-0.3, -0.25) is 9.59 Å². The zero-order chi connectivity index (χ0) is 22.4. The van der Waals surface area contributed by atoms with Crippen molar-refractivity contribution in [3.05, 3.63) is 101 Å². The molecule has 0 aromatic heterocycles. The Hall–Kier alpha value is -3.66. The van der Waals surface area contributed by atoms with Gasteiger partial charge in [-0.25, -0.2) is 0 Å². The summed E-state index contributed by atoms with van der Waals surface area (Å²) in [5.74, 6) is -0.426. The van der Waals surface area contributed by atoms with Gasteiger partial charge in [0.15, 0.2) is 0 Å². The Balaban J connectivity index is 1.62. The van der Waals surface area contributed by atoms with E-state index in [0.29, 0.717) is 16.9 Å². The molecule has 4 heteroatoms. The van der Waals surface area contributed by atoms with E-state index in [0.717, 1.165) is 5.56 Å². The van der Waals surface area contributed by atoms with Gasteiger partial charge in [-0.05, 0) is 59.9 Å². The molecule has 4 nitrogen and oxygen atoms in total. The molecule has 31 heavy (non-hydrogen) atoms. The van der Waals surface area contributed by atoms with Crippen molar-refractivity contribution in [2.45, 2.75) is 33.1 Å². The maximum absolute atomic E-state index is 12.6. The molecule has 0 saturated heterocycles. The van der Waals surface area contributed by atoms with Gasteiger partial charge in [-0.1, -0.05) is 68.8 Å². The lowest BCUT2D eigenvalue weighted by Gasteiger charge is -2.19. The minimum Gasteiger partial charge on any atom is -0.322 e. The molecule has 0 unspecified atom stereocenters. The van der Waals surface area contributed by atoms with E-state index in [4.69, 9.17) is 0 Å². The van der Waals surface area contributed by atoms with Crippen LogP contribution in [0, 0.1) is 6.92 Å². The molecule has 0 aliphatic rings. The van der Waals surface area contributed by atoms with Gasteiger partial charge in [0.25, 0.3) is 5.91 Å². The third kappa shape index (κ3) is 6.41. The van der Waals surface area contributed by atoms with Crippen molar-refractivity contribution in [2.24, 2.45) is 0 Å². The van der Waals surface area contributed by atoms with Crippen molar-refractivity contribution in [3.8, 4) is 0 Å². The van der Waals surface area contributed by atoms with Crippen LogP contribution in [0.3, 0.4) is 0 Å². The molecule has 0 aliphatic carbocycles. The first kappa shape index (κ1) is 22.0. The molecule has 3 aromatic carbocycles. The average Bonchev–Trinajstić information content (AvgIpc) is 2.73. The van der Waals surface area contributed by atoms with E-state index in [1.165, 1.54) is 17.2 Å². The van der Waals surface area contributed by atoms with Crippen molar-refractivity contribution in [2.75, 3.05) is 10.6 Å². The third-order valence-electron chi connectivity index (χ3n) is 4.91. The molecule has 0 atom stereocenters. The summed E-state index contributed by atoms with van der Waals surface area (Å²) in [6.07, 6.45) is 3.26. The van der Waals surface area contributed by atoms with E-state index in [-0.39, 0.29) is 17.2 Å². The van der Waals surface area contributed by atoms with Crippen LogP contribution in [0.25, 0.3) is 6.08 Å². The minimum absolute atomic E-state index is 0.0371. The highest BCUT2D eigenvalue weighted by atomic mass is 16.2. The summed E-state index contributed by atoms with van der Waals surface area (Å²) in [4.78, 5) is 24.8. The SMILES string of the molecule is Cc1ccc(/C=C/C(=O)Nc2cccc(NC(=O)c3ccc(C(C)(C)C)cc3)c2)cc1. The van der Waals surface area contributed by atoms with Crippen molar-refractivity contribution >= 4 is 29.3 Å². The summed E-state index contributed by atoms with van der Waals surface area (Å²) in [6, 6.07) is 22.6. The second-order valence-electron chi connectivity index (χ2n) is 8.60. The fraction of sp³-hybridized carbons (Fsp3) is 0.185. The molecular formula is C27H28N2O2. The van der Waals surface area contributed by atoms with Crippen LogP contribution in [0.15, 0.2) is 78.9 Å². The van der Waals surface area contributed by atoms with Crippen LogP contribution in [0.2, 0.25) is 0 Å². The monoisotopic (exact) mass is 412 g/mol. The molecule has 0 heterocycles. The van der Waals surface area contributed by atoms with Crippen molar-refractivity contribution in [1.82, 2.24) is 0 Å². The Morgan fingerprint density at radius 3 is 2.03 bits per heavy atom. The number of aryl methyl sites for hydroxylation is 1. The Morgan fingerprint density at radius 2 is 1.42 bits per heavy atom. The lowest BCUT2D eigenvalue weighted by Crippen LogP contribution is -2.14. The number of carbonyl (C=O) groups is 2. The van der Waals surface area contributed by atoms with E-state index < -0.39 is 0 Å². The molecular weight excluding hydrogens is 384 g/mol. The Morgan fingerprint density at radius 1 is 0.806 bits per heavy atom. The van der Waals surface area contributed by atoms with Gasteiger partial charge in [0.1, 0.15) is 0 Å². The first-order valence-electron chi connectivity index (χ1n) is 10.3. The lowest BCUT2D eigenvalue weighted by atomic mass is 9.87. The predicted octanol–water partition coefficient (Wildman–Crippen LogP) is 6.20. The van der Waals surface area contributed by atoms with Crippen molar-refractivity contribution < 1.29 is 9.59 Å². The average molecular weight is 413 g/mol. The van der Waals surface area contributed by atoms with E-state index in [9.17, 15) is 9.59 Å². The molecule has 158 valence electrons. The van der Waals surface area contributed by atoms with E-state index >= 15 is 0 Å². The van der Waals surface area contributed by atoms with E-state index in [1.807, 2.05) is 55.5 Å². The molecule has 0 saturated carbocycles. The van der Waals surface area contributed by atoms with Gasteiger partial charge in [-0.2, -0.15) is 0 Å². The highest BCUT2D eigenvalue weighted by molar-refractivity contribution is 6.05. The number of anilines is 2. The van der Waals surface area contributed by atoms with Crippen molar-refractivity contribution in [3.63, 3.8) is 0 Å². The number of amides is 2. The molecule has 0 aliphatic heterocycles. The van der Waals surface area contributed by atoms with Crippen LogP contribution in [0.1, 0.15) is 47.8 Å². The summed E-state index contributed by atoms with van der Waals surface area (Å²) < 4.78 is 0. The first-order chi connectivity index (χ1) is 14.7. The molecule has 2 amide bonds. The topological polar surface area (TPSA) is 58.2 Å². The number of hydrogen-bond acceptors (Lipinski definition) is 2. The fourth-order valence-electron chi connectivity index (χ4n) is 3.03. The Bertz CT molecular complexity index is 1090. The molecule has 2 N–H and O–H groups in total. The molecule has 0 fully saturated rings. The van der Waals surface area contributed by atoms with Gasteiger partial charge in [-0.15, -0.1) is 0 Å². The smallest absolute Gasteiger partial charge is 0.255 e. The quantitative estimate of drug-likeness (QED) is 0.490. The van der Waals surface area contributed by atoms with Gasteiger partial charge in [0.2, 0.25) is 5.91 Å². The zero-order valence-electron chi connectivity index (χ0n) is 18.4. The molecule has 3 aromatic rings. The van der Waals surface area contributed by atoms with E-state index in [1.54, 1.807) is 30.3 Å². The number of nitrogens with one attached hydrogen (secondary N) is 2. The van der Waals surface area contributed by atoms with Crippen LogP contribution in [-0.4, -0.2) is 11.8 Å². The third-order valence-corrected chi connectivity index (χ3v) is 4.91. The van der Waals surface area contributed by atoms with Crippen LogP contribution in [0.4, 0.5) is 11.4 Å². The first-order valence-corrected chi connectivity index (χ1v) is 10.3. The summed E-state index contributed by atoms with van der Waals surface area (Å²) >= 11 is 0. The summed E-state index contributed by atoms with van der Waals surface area (Å²) in [5.41, 5.74) is 5.15. The summed E-state index contributed by atoms with van der Waals surface area (Å²) in [5, 5.41) is 5.71. The Kier molecular flexibility index (Phi) is 6.71. The standard InChI is InChI=1S/C27H28N2O2/c1-19-8-10-20(11-9-19)12-17-25(30)28-23-6-5-7-24(18-23)29-26(31)21-13-15-22(16-14-21)27(2,3)4/h5-18H,1-4H3,(H,28,30)(H,29,31)/b17-12+. The molecule has 0 bridgehead atoms.